The van der Waals surface area contributed by atoms with Gasteiger partial charge < -0.3 is 23.7 Å². The normalized spacial score (nSPS) is 16.5. The molecule has 1 rings (SSSR count). The smallest absolute Gasteiger partial charge is 0.384 e. The molecule has 0 saturated heterocycles. The highest BCUT2D eigenvalue weighted by molar-refractivity contribution is 5.37. The predicted octanol–water partition coefficient (Wildman–Crippen LogP) is 11.6. The van der Waals surface area contributed by atoms with Crippen LogP contribution in [-0.4, -0.2) is 101 Å². The van der Waals surface area contributed by atoms with Crippen molar-refractivity contribution in [3.8, 4) is 0 Å². The Hall–Kier alpha value is -2.92. The summed E-state index contributed by atoms with van der Waals surface area (Å²) in [6, 6.07) is -1.73. The zero-order valence-corrected chi connectivity index (χ0v) is 30.3. The molecule has 0 aromatic heterocycles. The second-order valence-corrected chi connectivity index (χ2v) is 12.9. The van der Waals surface area contributed by atoms with Crippen LogP contribution in [-0.2, 0) is 34.9 Å². The summed E-state index contributed by atoms with van der Waals surface area (Å²) in [5.41, 5.74) is -28.2. The molecular formula is C31H30F24O5. The van der Waals surface area contributed by atoms with Gasteiger partial charge in [-0.2, -0.15) is 105 Å². The summed E-state index contributed by atoms with van der Waals surface area (Å²) in [5, 5.41) is 0. The largest absolute Gasteiger partial charge is 0.430 e. The highest BCUT2D eigenvalue weighted by Gasteiger charge is 2.77. The fourth-order valence-corrected chi connectivity index (χ4v) is 5.30. The Morgan fingerprint density at radius 1 is 0.467 bits per heavy atom. The lowest BCUT2D eigenvalue weighted by atomic mass is 9.85. The van der Waals surface area contributed by atoms with E-state index in [2.05, 4.69) is 23.7 Å². The van der Waals surface area contributed by atoms with E-state index < -0.39 is 146 Å². The summed E-state index contributed by atoms with van der Waals surface area (Å²) in [6.07, 6.45) is -59.6. The summed E-state index contributed by atoms with van der Waals surface area (Å²) in [5.74, 6) is -3.90. The van der Waals surface area contributed by atoms with Crippen molar-refractivity contribution in [3.63, 3.8) is 0 Å². The van der Waals surface area contributed by atoms with Gasteiger partial charge >= 0.3 is 49.4 Å². The fourth-order valence-electron chi connectivity index (χ4n) is 5.30. The molecule has 0 radical (unpaired) electrons. The Morgan fingerprint density at radius 2 is 0.833 bits per heavy atom. The van der Waals surface area contributed by atoms with Gasteiger partial charge in [0.05, 0.1) is 26.4 Å². The highest BCUT2D eigenvalue weighted by Crippen LogP contribution is 2.57. The van der Waals surface area contributed by atoms with Gasteiger partial charge in [-0.25, -0.2) is 0 Å². The molecule has 0 aliphatic rings. The van der Waals surface area contributed by atoms with Crippen LogP contribution in [0.3, 0.4) is 0 Å². The molecule has 0 heterocycles. The van der Waals surface area contributed by atoms with Gasteiger partial charge in [-0.1, -0.05) is 38.1 Å². The van der Waals surface area contributed by atoms with E-state index in [9.17, 15) is 105 Å². The van der Waals surface area contributed by atoms with E-state index in [0.717, 1.165) is 14.0 Å². The summed E-state index contributed by atoms with van der Waals surface area (Å²) < 4.78 is 356. The average molecular weight is 939 g/mol. The van der Waals surface area contributed by atoms with E-state index in [4.69, 9.17) is 0 Å². The second kappa shape index (κ2) is 18.1. The predicted molar refractivity (Wildman–Crippen MR) is 153 cm³/mol. The Morgan fingerprint density at radius 3 is 1.18 bits per heavy atom. The first-order chi connectivity index (χ1) is 26.5. The highest BCUT2D eigenvalue weighted by atomic mass is 19.4. The van der Waals surface area contributed by atoms with Gasteiger partial charge in [0.25, 0.3) is 22.4 Å². The second-order valence-electron chi connectivity index (χ2n) is 12.9. The first kappa shape index (κ1) is 55.1. The lowest BCUT2D eigenvalue weighted by Crippen LogP contribution is -2.60. The first-order valence-electron chi connectivity index (χ1n) is 15.8. The van der Waals surface area contributed by atoms with Gasteiger partial charge in [0.2, 0.25) is 0 Å². The lowest BCUT2D eigenvalue weighted by molar-refractivity contribution is -0.395. The molecule has 29 heteroatoms. The van der Waals surface area contributed by atoms with Crippen molar-refractivity contribution in [3.05, 3.63) is 47.5 Å². The molecule has 0 saturated carbocycles. The van der Waals surface area contributed by atoms with Crippen LogP contribution >= 0.6 is 0 Å². The first-order valence-corrected chi connectivity index (χ1v) is 15.8. The van der Waals surface area contributed by atoms with Crippen LogP contribution in [0.4, 0.5) is 105 Å². The van der Waals surface area contributed by atoms with Gasteiger partial charge in [0, 0.05) is 43.6 Å². The molecule has 2 unspecified atom stereocenters. The third kappa shape index (κ3) is 10.6. The Kier molecular flexibility index (Phi) is 16.6. The molecule has 60 heavy (non-hydrogen) atoms. The molecule has 0 bridgehead atoms. The van der Waals surface area contributed by atoms with Gasteiger partial charge in [0.1, 0.15) is 0 Å². The van der Waals surface area contributed by atoms with E-state index in [1.165, 1.54) is 0 Å². The summed E-state index contributed by atoms with van der Waals surface area (Å²) in [4.78, 5) is 0. The van der Waals surface area contributed by atoms with E-state index in [-0.39, 0.29) is 32.2 Å². The van der Waals surface area contributed by atoms with Crippen LogP contribution in [0.1, 0.15) is 31.4 Å². The van der Waals surface area contributed by atoms with E-state index >= 15 is 0 Å². The molecule has 2 atom stereocenters. The van der Waals surface area contributed by atoms with Gasteiger partial charge in [0.15, 0.2) is 0 Å². The number of hydrogen-bond donors (Lipinski definition) is 0. The van der Waals surface area contributed by atoms with Crippen LogP contribution in [0.25, 0.3) is 0 Å². The van der Waals surface area contributed by atoms with Crippen LogP contribution in [0, 0.1) is 11.8 Å². The summed E-state index contributed by atoms with van der Waals surface area (Å²) in [7, 11) is 0.667. The average Bonchev–Trinajstić information content (AvgIpc) is 3.00. The fraction of sp³-hybridized carbons (Fsp3) is 0.742. The molecule has 0 N–H and O–H groups in total. The SMILES string of the molecule is COCC(C)COC(/C=C/CC(OCC(C)COC(c1cccc(C(OC)(C(F)(F)F)C(F)(F)F)c1)(C(F)(F)F)C(F)(F)F)(C(F)(F)F)C(F)(F)F)(C(F)(F)F)C(F)(F)F. The number of ether oxygens (including phenoxy) is 5. The maximum absolute atomic E-state index is 14.4. The van der Waals surface area contributed by atoms with Crippen molar-refractivity contribution in [1.29, 1.82) is 0 Å². The van der Waals surface area contributed by atoms with E-state index in [1.807, 2.05) is 0 Å². The Labute approximate surface area is 321 Å². The minimum absolute atomic E-state index is 0.177. The molecule has 0 fully saturated rings. The minimum Gasteiger partial charge on any atom is -0.384 e. The zero-order chi connectivity index (χ0) is 47.6. The topological polar surface area (TPSA) is 46.2 Å². The van der Waals surface area contributed by atoms with Crippen molar-refractivity contribution in [2.45, 2.75) is 92.1 Å². The quantitative estimate of drug-likeness (QED) is 0.115. The maximum atomic E-state index is 14.4. The molecule has 1 aromatic rings. The lowest BCUT2D eigenvalue weighted by Gasteiger charge is -2.40. The monoisotopic (exact) mass is 938 g/mol. The standard InChI is InChI=1S/C31H30F24O5/c1-16(12-56-3)13-58-20(24(32,33)34,25(35,36)37)9-6-10-21(26(38,39)40,27(41,42)43)59-14-17(2)15-60-23(30(50,51)52,31(53,54)55)19-8-5-7-18(11-19)22(57-4,28(44,45)46)29(47,48)49/h5-9,11,16-17H,10,12-15H2,1-4H3/b9-6+. The van der Waals surface area contributed by atoms with Crippen molar-refractivity contribution in [2.75, 3.05) is 40.6 Å². The van der Waals surface area contributed by atoms with E-state index in [0.29, 0.717) is 0 Å². The van der Waals surface area contributed by atoms with Gasteiger partial charge in [-0.15, -0.1) is 0 Å². The van der Waals surface area contributed by atoms with Crippen LogP contribution in [0.15, 0.2) is 36.4 Å². The molecule has 5 nitrogen and oxygen atoms in total. The van der Waals surface area contributed by atoms with Gasteiger partial charge in [-0.3, -0.25) is 0 Å². The molecular weight excluding hydrogens is 908 g/mol. The van der Waals surface area contributed by atoms with Crippen molar-refractivity contribution in [2.24, 2.45) is 11.8 Å². The summed E-state index contributed by atoms with van der Waals surface area (Å²) in [6.45, 7) is -5.62. The number of methoxy groups -OCH3 is 2. The molecule has 352 valence electrons. The number of rotatable bonds is 17. The van der Waals surface area contributed by atoms with Crippen LogP contribution < -0.4 is 0 Å². The zero-order valence-electron chi connectivity index (χ0n) is 30.3. The Bertz CT molecular complexity index is 1490. The van der Waals surface area contributed by atoms with Crippen LogP contribution in [0.2, 0.25) is 0 Å². The molecule has 1 aromatic carbocycles. The van der Waals surface area contributed by atoms with Crippen molar-refractivity contribution >= 4 is 0 Å². The van der Waals surface area contributed by atoms with Crippen molar-refractivity contribution in [1.82, 2.24) is 0 Å². The Balaban J connectivity index is 3.85. The van der Waals surface area contributed by atoms with Crippen molar-refractivity contribution < 1.29 is 129 Å². The molecule has 0 amide bonds. The molecule has 0 spiro atoms. The third-order valence-electron chi connectivity index (χ3n) is 8.34. The molecule has 0 aliphatic carbocycles. The summed E-state index contributed by atoms with van der Waals surface area (Å²) >= 11 is 0. The molecule has 0 aliphatic heterocycles. The third-order valence-corrected chi connectivity index (χ3v) is 8.34. The number of alkyl halides is 24. The number of halogens is 24. The number of benzene rings is 1. The number of hydrogen-bond acceptors (Lipinski definition) is 5. The van der Waals surface area contributed by atoms with E-state index in [1.54, 1.807) is 0 Å². The maximum Gasteiger partial charge on any atom is 0.430 e. The van der Waals surface area contributed by atoms with Crippen LogP contribution in [0.5, 0.6) is 0 Å². The van der Waals surface area contributed by atoms with Gasteiger partial charge in [-0.05, 0) is 12.1 Å². The minimum atomic E-state index is -6.98.